The van der Waals surface area contributed by atoms with Crippen molar-refractivity contribution in [3.8, 4) is 23.0 Å². The molecule has 0 spiro atoms. The largest absolute Gasteiger partial charge is 0.512 e. The molecule has 1 heterocycles. The zero-order chi connectivity index (χ0) is 31.9. The van der Waals surface area contributed by atoms with Crippen LogP contribution in [0, 0.1) is 11.7 Å². The summed E-state index contributed by atoms with van der Waals surface area (Å²) in [5.74, 6) is 1.45. The number of ether oxygens (including phenoxy) is 5. The van der Waals surface area contributed by atoms with E-state index in [1.165, 1.54) is 6.07 Å². The fraction of sp³-hybridized carbons (Fsp3) is 0.382. The van der Waals surface area contributed by atoms with Crippen LogP contribution in [0.1, 0.15) is 43.4 Å². The lowest BCUT2D eigenvalue weighted by Gasteiger charge is -2.38. The Hall–Kier alpha value is -4.47. The molecule has 0 aromatic heterocycles. The maximum Gasteiger partial charge on any atom is 0.294 e. The highest BCUT2D eigenvalue weighted by Crippen LogP contribution is 2.55. The lowest BCUT2D eigenvalue weighted by Crippen LogP contribution is -2.42. The van der Waals surface area contributed by atoms with Crippen molar-refractivity contribution in [3.05, 3.63) is 95.2 Å². The van der Waals surface area contributed by atoms with Gasteiger partial charge in [-0.3, -0.25) is 0 Å². The van der Waals surface area contributed by atoms with Crippen molar-refractivity contribution in [2.75, 3.05) is 28.4 Å². The Kier molecular flexibility index (Phi) is 10.6. The Bertz CT molecular complexity index is 1440. The van der Waals surface area contributed by atoms with Crippen LogP contribution in [-0.4, -0.2) is 50.6 Å². The molecule has 1 fully saturated rings. The van der Waals surface area contributed by atoms with E-state index >= 15 is 4.39 Å². The van der Waals surface area contributed by atoms with Gasteiger partial charge in [-0.1, -0.05) is 32.0 Å². The number of halogens is 2. The number of benzene rings is 3. The van der Waals surface area contributed by atoms with Gasteiger partial charge < -0.3 is 33.7 Å². The van der Waals surface area contributed by atoms with Crippen LogP contribution >= 0.6 is 0 Å². The first-order valence-corrected chi connectivity index (χ1v) is 14.5. The monoisotopic (exact) mass is 610 g/mol. The molecule has 1 unspecified atom stereocenters. The van der Waals surface area contributed by atoms with Crippen molar-refractivity contribution in [1.82, 2.24) is 4.90 Å². The number of hydrogen-bond acceptors (Lipinski definition) is 8. The summed E-state index contributed by atoms with van der Waals surface area (Å²) in [6.45, 7) is 4.47. The highest BCUT2D eigenvalue weighted by molar-refractivity contribution is 5.77. The predicted octanol–water partition coefficient (Wildman–Crippen LogP) is 7.32. The molecule has 0 bridgehead atoms. The molecule has 3 atom stereocenters. The van der Waals surface area contributed by atoms with E-state index in [0.717, 1.165) is 17.4 Å². The molecule has 5 rings (SSSR count). The Morgan fingerprint density at radius 2 is 1.45 bits per heavy atom. The van der Waals surface area contributed by atoms with E-state index in [4.69, 9.17) is 28.7 Å². The number of amidine groups is 1. The summed E-state index contributed by atoms with van der Waals surface area (Å²) < 4.78 is 58.3. The van der Waals surface area contributed by atoms with E-state index in [2.05, 4.69) is 0 Å². The summed E-state index contributed by atoms with van der Waals surface area (Å²) in [6, 6.07) is 17.2. The standard InChI is InChI=1S/C32H34F2N2O6.C2H6/c1-38-22-11-9-20(29(13-22)40-3)17-36(18-21-10-12-23(39-2)14-30(21)41-4)31-35-32(26-15-28(26)34,16-24(19-37)42-31)25-7-5-6-8-27(25)33;1-2/h5-14,19,26,28,37H,15-18H2,1-4H3;1-2H3/b24-19-;/t26-,28+,32?;/m0./s1. The Morgan fingerprint density at radius 1 is 0.909 bits per heavy atom. The molecule has 1 N–H and O–H groups in total. The van der Waals surface area contributed by atoms with Gasteiger partial charge in [-0.25, -0.2) is 13.8 Å². The molecule has 8 nitrogen and oxygen atoms in total. The van der Waals surface area contributed by atoms with E-state index in [1.807, 2.05) is 43.0 Å². The van der Waals surface area contributed by atoms with Crippen LogP contribution in [-0.2, 0) is 23.4 Å². The van der Waals surface area contributed by atoms with Crippen LogP contribution in [0.5, 0.6) is 23.0 Å². The average molecular weight is 611 g/mol. The summed E-state index contributed by atoms with van der Waals surface area (Å²) in [4.78, 5) is 6.81. The molecule has 44 heavy (non-hydrogen) atoms. The molecular formula is C34H40F2N2O6. The van der Waals surface area contributed by atoms with E-state index in [0.29, 0.717) is 23.0 Å². The van der Waals surface area contributed by atoms with Gasteiger partial charge >= 0.3 is 0 Å². The second-order valence-corrected chi connectivity index (χ2v) is 10.2. The lowest BCUT2D eigenvalue weighted by molar-refractivity contribution is 0.183. The maximum atomic E-state index is 15.3. The van der Waals surface area contributed by atoms with Crippen LogP contribution in [0.15, 0.2) is 77.7 Å². The summed E-state index contributed by atoms with van der Waals surface area (Å²) in [5, 5.41) is 10.2. The fourth-order valence-corrected chi connectivity index (χ4v) is 5.47. The third-order valence-corrected chi connectivity index (χ3v) is 7.75. The number of hydrogen-bond donors (Lipinski definition) is 1. The van der Waals surface area contributed by atoms with Crippen LogP contribution in [0.4, 0.5) is 8.78 Å². The molecule has 1 saturated carbocycles. The van der Waals surface area contributed by atoms with Gasteiger partial charge in [0.1, 0.15) is 52.5 Å². The van der Waals surface area contributed by atoms with Gasteiger partial charge in [0, 0.05) is 41.2 Å². The predicted molar refractivity (Wildman–Crippen MR) is 165 cm³/mol. The second-order valence-electron chi connectivity index (χ2n) is 10.2. The topological polar surface area (TPSA) is 82.0 Å². The molecule has 2 aliphatic rings. The van der Waals surface area contributed by atoms with Gasteiger partial charge in [-0.2, -0.15) is 0 Å². The van der Waals surface area contributed by atoms with Crippen molar-refractivity contribution >= 4 is 6.02 Å². The summed E-state index contributed by atoms with van der Waals surface area (Å²) in [5.41, 5.74) is 0.491. The van der Waals surface area contributed by atoms with E-state index in [-0.39, 0.29) is 43.3 Å². The lowest BCUT2D eigenvalue weighted by atomic mass is 9.81. The van der Waals surface area contributed by atoms with Gasteiger partial charge in [0.25, 0.3) is 6.02 Å². The normalized spacial score (nSPS) is 21.3. The minimum absolute atomic E-state index is 0.00454. The first kappa shape index (κ1) is 32.4. The Balaban J connectivity index is 0.00000216. The number of methoxy groups -OCH3 is 4. The molecule has 10 heteroatoms. The smallest absolute Gasteiger partial charge is 0.294 e. The first-order valence-electron chi connectivity index (χ1n) is 14.5. The molecular weight excluding hydrogens is 570 g/mol. The molecule has 0 radical (unpaired) electrons. The zero-order valence-corrected chi connectivity index (χ0v) is 26.0. The number of aliphatic hydroxyl groups excluding tert-OH is 1. The van der Waals surface area contributed by atoms with Crippen molar-refractivity contribution < 1.29 is 37.6 Å². The van der Waals surface area contributed by atoms with Gasteiger partial charge in [-0.15, -0.1) is 0 Å². The van der Waals surface area contributed by atoms with Crippen LogP contribution in [0.2, 0.25) is 0 Å². The number of aliphatic imine (C=N–C) groups is 1. The van der Waals surface area contributed by atoms with E-state index in [9.17, 15) is 9.50 Å². The molecule has 3 aromatic rings. The van der Waals surface area contributed by atoms with Gasteiger partial charge in [0.05, 0.1) is 41.5 Å². The number of rotatable bonds is 10. The van der Waals surface area contributed by atoms with Crippen molar-refractivity contribution in [3.63, 3.8) is 0 Å². The Labute approximate surface area is 257 Å². The number of alkyl halides is 1. The quantitative estimate of drug-likeness (QED) is 0.241. The zero-order valence-electron chi connectivity index (χ0n) is 26.0. The Morgan fingerprint density at radius 3 is 1.91 bits per heavy atom. The van der Waals surface area contributed by atoms with Crippen molar-refractivity contribution in [2.24, 2.45) is 10.9 Å². The minimum Gasteiger partial charge on any atom is -0.512 e. The van der Waals surface area contributed by atoms with Gasteiger partial charge in [0.15, 0.2) is 0 Å². The van der Waals surface area contributed by atoms with E-state index < -0.39 is 23.4 Å². The summed E-state index contributed by atoms with van der Waals surface area (Å²) >= 11 is 0. The summed E-state index contributed by atoms with van der Waals surface area (Å²) in [7, 11) is 6.27. The molecule has 0 saturated heterocycles. The molecule has 1 aliphatic carbocycles. The second kappa shape index (κ2) is 14.3. The van der Waals surface area contributed by atoms with Crippen molar-refractivity contribution in [1.29, 1.82) is 0 Å². The SMILES string of the molecule is CC.COc1ccc(CN(Cc2ccc(OC)cc2OC)C2=NC(c3ccccc3F)([C@H]3C[C@H]3F)C/C(=C/O)O2)c(OC)c1. The van der Waals surface area contributed by atoms with Crippen LogP contribution < -0.4 is 18.9 Å². The van der Waals surface area contributed by atoms with Gasteiger partial charge in [-0.05, 0) is 36.8 Å². The molecule has 236 valence electrons. The highest BCUT2D eigenvalue weighted by atomic mass is 19.1. The fourth-order valence-electron chi connectivity index (χ4n) is 5.47. The number of nitrogens with zero attached hydrogens (tertiary/aromatic N) is 2. The number of aliphatic hydroxyl groups is 1. The minimum atomic E-state index is -1.32. The molecule has 1 aliphatic heterocycles. The maximum absolute atomic E-state index is 15.3. The van der Waals surface area contributed by atoms with Crippen LogP contribution in [0.3, 0.4) is 0 Å². The third kappa shape index (κ3) is 6.69. The van der Waals surface area contributed by atoms with Crippen LogP contribution in [0.25, 0.3) is 0 Å². The summed E-state index contributed by atoms with van der Waals surface area (Å²) in [6.07, 6.45) is -0.100. The third-order valence-electron chi connectivity index (χ3n) is 7.75. The van der Waals surface area contributed by atoms with Gasteiger partial charge in [0.2, 0.25) is 0 Å². The first-order chi connectivity index (χ1) is 21.3. The highest BCUT2D eigenvalue weighted by Gasteiger charge is 2.58. The molecule has 0 amide bonds. The average Bonchev–Trinajstić information content (AvgIpc) is 3.82. The van der Waals surface area contributed by atoms with Crippen molar-refractivity contribution in [2.45, 2.75) is 51.5 Å². The molecule has 3 aromatic carbocycles. The van der Waals surface area contributed by atoms with E-state index in [1.54, 1.807) is 58.8 Å².